The van der Waals surface area contributed by atoms with Gasteiger partial charge in [-0.2, -0.15) is 15.1 Å². The van der Waals surface area contributed by atoms with Gasteiger partial charge in [-0.15, -0.1) is 5.11 Å². The molecule has 0 aliphatic carbocycles. The van der Waals surface area contributed by atoms with Crippen LogP contribution in [0.4, 0.5) is 11.8 Å². The summed E-state index contributed by atoms with van der Waals surface area (Å²) in [6.45, 7) is -0.144. The second kappa shape index (κ2) is 7.97. The molecule has 0 radical (unpaired) electrons. The molecule has 0 saturated carbocycles. The van der Waals surface area contributed by atoms with Crippen molar-refractivity contribution in [1.82, 2.24) is 19.5 Å². The van der Waals surface area contributed by atoms with Crippen LogP contribution in [0.2, 0.25) is 5.02 Å². The van der Waals surface area contributed by atoms with Crippen molar-refractivity contribution in [3.63, 3.8) is 0 Å². The zero-order chi connectivity index (χ0) is 20.5. The van der Waals surface area contributed by atoms with Gasteiger partial charge in [0, 0.05) is 5.02 Å². The molecule has 152 valence electrons. The molecule has 2 aromatic heterocycles. The molecule has 3 aromatic rings. The summed E-state index contributed by atoms with van der Waals surface area (Å²) in [5.41, 5.74) is 7.40. The van der Waals surface area contributed by atoms with E-state index < -0.39 is 31.1 Å². The number of aliphatic hydroxyl groups is 3. The average molecular weight is 420 g/mol. The number of azo groups is 1. The molecule has 1 aliphatic rings. The van der Waals surface area contributed by atoms with E-state index in [0.29, 0.717) is 17.1 Å². The number of nitrogen functional groups attached to an aromatic ring is 1. The zero-order valence-corrected chi connectivity index (χ0v) is 15.8. The summed E-state index contributed by atoms with van der Waals surface area (Å²) in [5, 5.41) is 38.2. The molecule has 4 atom stereocenters. The highest BCUT2D eigenvalue weighted by Crippen LogP contribution is 2.32. The van der Waals surface area contributed by atoms with Gasteiger partial charge in [0.05, 0.1) is 19.5 Å². The van der Waals surface area contributed by atoms with Crippen molar-refractivity contribution in [2.75, 3.05) is 12.3 Å². The van der Waals surface area contributed by atoms with Crippen molar-refractivity contribution >= 4 is 34.5 Å². The first-order valence-electron chi connectivity index (χ1n) is 8.72. The van der Waals surface area contributed by atoms with Crippen LogP contribution in [0.1, 0.15) is 11.8 Å². The number of benzene rings is 1. The van der Waals surface area contributed by atoms with Crippen LogP contribution < -0.4 is 5.73 Å². The lowest BCUT2D eigenvalue weighted by Gasteiger charge is -2.16. The Kier molecular flexibility index (Phi) is 5.39. The number of hydrogen-bond acceptors (Lipinski definition) is 10. The summed E-state index contributed by atoms with van der Waals surface area (Å²) in [4.78, 5) is 12.5. The van der Waals surface area contributed by atoms with Crippen molar-refractivity contribution in [3.05, 3.63) is 41.2 Å². The van der Waals surface area contributed by atoms with E-state index >= 15 is 0 Å². The maximum atomic E-state index is 10.3. The number of aromatic nitrogens is 4. The zero-order valence-electron chi connectivity index (χ0n) is 15.0. The molecule has 1 aromatic carbocycles. The Balaban J connectivity index is 1.61. The van der Waals surface area contributed by atoms with Crippen molar-refractivity contribution in [1.29, 1.82) is 0 Å². The van der Waals surface area contributed by atoms with Crippen molar-refractivity contribution < 1.29 is 20.1 Å². The lowest BCUT2D eigenvalue weighted by atomic mass is 10.1. The lowest BCUT2D eigenvalue weighted by Crippen LogP contribution is -2.33. The molecular formula is C17H18ClN7O4. The fourth-order valence-electron chi connectivity index (χ4n) is 3.04. The van der Waals surface area contributed by atoms with Crippen LogP contribution in [0, 0.1) is 0 Å². The highest BCUT2D eigenvalue weighted by molar-refractivity contribution is 6.30. The second-order valence-corrected chi connectivity index (χ2v) is 6.92. The summed E-state index contributed by atoms with van der Waals surface area (Å²) in [6, 6.07) is 7.17. The first-order valence-corrected chi connectivity index (χ1v) is 9.10. The maximum absolute atomic E-state index is 10.3. The molecule has 3 heterocycles. The third kappa shape index (κ3) is 3.78. The van der Waals surface area contributed by atoms with Crippen LogP contribution >= 0.6 is 11.6 Å². The van der Waals surface area contributed by atoms with Gasteiger partial charge in [0.2, 0.25) is 0 Å². The number of ether oxygens (including phenoxy) is 1. The standard InChI is InChI=1S/C17H18ClN7O4/c18-9-3-1-8(2-4-9)5-21-24-17-22-14(19)11-15(23-17)25(7-20-11)16-13(28)12(27)10(6-26)29-16/h1-4,7,10,12-13,16,26-28H,5-6H2,(H2,19,22,23)/t10-,12-,13-,16?/m1/s1. The van der Waals surface area contributed by atoms with Gasteiger partial charge < -0.3 is 25.8 Å². The van der Waals surface area contributed by atoms with Crippen molar-refractivity contribution in [2.24, 2.45) is 10.2 Å². The number of fused-ring (bicyclic) bond motifs is 1. The lowest BCUT2D eigenvalue weighted by molar-refractivity contribution is -0.0511. The van der Waals surface area contributed by atoms with E-state index in [2.05, 4.69) is 25.2 Å². The monoisotopic (exact) mass is 419 g/mol. The van der Waals surface area contributed by atoms with Gasteiger partial charge in [-0.1, -0.05) is 23.7 Å². The van der Waals surface area contributed by atoms with Gasteiger partial charge in [0.15, 0.2) is 17.7 Å². The van der Waals surface area contributed by atoms with Crippen LogP contribution in [0.15, 0.2) is 40.8 Å². The number of nitrogens with two attached hydrogens (primary N) is 1. The van der Waals surface area contributed by atoms with Crippen molar-refractivity contribution in [2.45, 2.75) is 31.1 Å². The molecule has 0 spiro atoms. The Labute approximate surface area is 169 Å². The highest BCUT2D eigenvalue weighted by Gasteiger charge is 2.44. The quantitative estimate of drug-likeness (QED) is 0.444. The molecule has 1 fully saturated rings. The third-order valence-electron chi connectivity index (χ3n) is 4.55. The summed E-state index contributed by atoms with van der Waals surface area (Å²) in [7, 11) is 0. The number of aliphatic hydroxyl groups excluding tert-OH is 3. The summed E-state index contributed by atoms with van der Waals surface area (Å²) >= 11 is 5.86. The first kappa shape index (κ1) is 19.6. The van der Waals surface area contributed by atoms with Gasteiger partial charge in [-0.05, 0) is 17.7 Å². The fraction of sp³-hybridized carbons (Fsp3) is 0.353. The van der Waals surface area contributed by atoms with Crippen LogP contribution in [0.3, 0.4) is 0 Å². The maximum Gasteiger partial charge on any atom is 0.272 e. The minimum Gasteiger partial charge on any atom is -0.394 e. The molecule has 4 rings (SSSR count). The Bertz CT molecular complexity index is 1040. The second-order valence-electron chi connectivity index (χ2n) is 6.49. The Hall–Kier alpha value is -2.70. The predicted octanol–water partition coefficient (Wildman–Crippen LogP) is 0.957. The molecule has 1 unspecified atom stereocenters. The molecule has 1 aliphatic heterocycles. The number of imidazole rings is 1. The molecule has 5 N–H and O–H groups in total. The fourth-order valence-corrected chi connectivity index (χ4v) is 3.16. The topological polar surface area (TPSA) is 164 Å². The largest absolute Gasteiger partial charge is 0.394 e. The van der Waals surface area contributed by atoms with E-state index in [9.17, 15) is 15.3 Å². The Morgan fingerprint density at radius 2 is 1.93 bits per heavy atom. The molecule has 11 nitrogen and oxygen atoms in total. The summed E-state index contributed by atoms with van der Waals surface area (Å²) in [5.74, 6) is 0.0957. The third-order valence-corrected chi connectivity index (χ3v) is 4.81. The van der Waals surface area contributed by atoms with E-state index in [1.165, 1.54) is 10.9 Å². The average Bonchev–Trinajstić information content (AvgIpc) is 3.25. The van der Waals surface area contributed by atoms with E-state index in [1.807, 2.05) is 12.1 Å². The van der Waals surface area contributed by atoms with Crippen molar-refractivity contribution in [3.8, 4) is 0 Å². The van der Waals surface area contributed by atoms with Crippen LogP contribution in [0.25, 0.3) is 11.2 Å². The van der Waals surface area contributed by atoms with E-state index in [-0.39, 0.29) is 17.4 Å². The Morgan fingerprint density at radius 3 is 2.62 bits per heavy atom. The van der Waals surface area contributed by atoms with Crippen LogP contribution in [-0.2, 0) is 11.3 Å². The minimum atomic E-state index is -1.28. The normalized spacial score (nSPS) is 24.7. The molecule has 1 saturated heterocycles. The molecule has 0 bridgehead atoms. The van der Waals surface area contributed by atoms with Gasteiger partial charge in [0.1, 0.15) is 23.8 Å². The number of rotatable bonds is 5. The molecule has 0 amide bonds. The molecular weight excluding hydrogens is 402 g/mol. The van der Waals surface area contributed by atoms with Gasteiger partial charge >= 0.3 is 0 Å². The van der Waals surface area contributed by atoms with E-state index in [0.717, 1.165) is 5.56 Å². The Morgan fingerprint density at radius 1 is 1.17 bits per heavy atom. The number of hydrogen-bond donors (Lipinski definition) is 4. The van der Waals surface area contributed by atoms with Crippen LogP contribution in [-0.4, -0.2) is 59.8 Å². The SMILES string of the molecule is Nc1nc(N=NCc2ccc(Cl)cc2)nc2c1ncn2C1O[C@H](CO)[C@@H](O)[C@H]1O. The molecule has 29 heavy (non-hydrogen) atoms. The number of nitrogens with zero attached hydrogens (tertiary/aromatic N) is 6. The first-order chi connectivity index (χ1) is 14.0. The number of halogens is 1. The smallest absolute Gasteiger partial charge is 0.272 e. The van der Waals surface area contributed by atoms with E-state index in [4.69, 9.17) is 22.1 Å². The van der Waals surface area contributed by atoms with Gasteiger partial charge in [0.25, 0.3) is 5.95 Å². The van der Waals surface area contributed by atoms with Gasteiger partial charge in [-0.25, -0.2) is 4.98 Å². The number of anilines is 1. The summed E-state index contributed by atoms with van der Waals surface area (Å²) in [6.07, 6.45) is -3.09. The highest BCUT2D eigenvalue weighted by atomic mass is 35.5. The van der Waals surface area contributed by atoms with Crippen LogP contribution in [0.5, 0.6) is 0 Å². The minimum absolute atomic E-state index is 0.0115. The van der Waals surface area contributed by atoms with Gasteiger partial charge in [-0.3, -0.25) is 4.57 Å². The van der Waals surface area contributed by atoms with E-state index in [1.54, 1.807) is 12.1 Å². The summed E-state index contributed by atoms with van der Waals surface area (Å²) < 4.78 is 6.93. The predicted molar refractivity (Wildman–Crippen MR) is 102 cm³/mol. The molecule has 12 heteroatoms.